The standard InChI is InChI=1S/C14H28N2O2S/c1-11-6-7-12(9-15)10-16(11)13-4-3-5-14(8-13)19(2,17)18/h11-14H,3-10,15H2,1-2H3. The molecule has 5 heteroatoms. The maximum Gasteiger partial charge on any atom is 0.150 e. The van der Waals surface area contributed by atoms with Gasteiger partial charge >= 0.3 is 0 Å². The lowest BCUT2D eigenvalue weighted by molar-refractivity contribution is 0.0562. The average Bonchev–Trinajstić information content (AvgIpc) is 2.38. The molecule has 2 fully saturated rings. The number of piperidine rings is 1. The van der Waals surface area contributed by atoms with Crippen LogP contribution in [0, 0.1) is 5.92 Å². The van der Waals surface area contributed by atoms with Crippen molar-refractivity contribution in [3.63, 3.8) is 0 Å². The first-order valence-corrected chi connectivity index (χ1v) is 9.52. The van der Waals surface area contributed by atoms with Gasteiger partial charge in [0, 0.05) is 24.9 Å². The summed E-state index contributed by atoms with van der Waals surface area (Å²) < 4.78 is 23.6. The predicted octanol–water partition coefficient (Wildman–Crippen LogP) is 1.40. The molecule has 19 heavy (non-hydrogen) atoms. The minimum atomic E-state index is -2.89. The molecule has 0 radical (unpaired) electrons. The summed E-state index contributed by atoms with van der Waals surface area (Å²) in [6, 6.07) is 1.02. The maximum absolute atomic E-state index is 11.8. The van der Waals surface area contributed by atoms with Crippen LogP contribution in [0.2, 0.25) is 0 Å². The van der Waals surface area contributed by atoms with Crippen molar-refractivity contribution in [2.75, 3.05) is 19.3 Å². The number of hydrogen-bond donors (Lipinski definition) is 1. The molecule has 4 nitrogen and oxygen atoms in total. The fourth-order valence-corrected chi connectivity index (χ4v) is 4.89. The first kappa shape index (κ1) is 15.3. The third kappa shape index (κ3) is 3.70. The molecule has 0 amide bonds. The summed E-state index contributed by atoms with van der Waals surface area (Å²) in [6.07, 6.45) is 7.66. The highest BCUT2D eigenvalue weighted by molar-refractivity contribution is 7.91. The molecule has 2 rings (SSSR count). The van der Waals surface area contributed by atoms with Crippen molar-refractivity contribution in [1.29, 1.82) is 0 Å². The van der Waals surface area contributed by atoms with Crippen molar-refractivity contribution in [1.82, 2.24) is 4.90 Å². The van der Waals surface area contributed by atoms with E-state index < -0.39 is 9.84 Å². The number of hydrogen-bond acceptors (Lipinski definition) is 4. The van der Waals surface area contributed by atoms with E-state index in [0.29, 0.717) is 18.0 Å². The largest absolute Gasteiger partial charge is 0.330 e. The van der Waals surface area contributed by atoms with Crippen LogP contribution in [0.25, 0.3) is 0 Å². The summed E-state index contributed by atoms with van der Waals surface area (Å²) in [5.41, 5.74) is 5.81. The smallest absolute Gasteiger partial charge is 0.150 e. The first-order chi connectivity index (χ1) is 8.91. The van der Waals surface area contributed by atoms with Crippen LogP contribution >= 0.6 is 0 Å². The van der Waals surface area contributed by atoms with Gasteiger partial charge in [0.25, 0.3) is 0 Å². The van der Waals surface area contributed by atoms with E-state index in [1.54, 1.807) is 0 Å². The van der Waals surface area contributed by atoms with E-state index >= 15 is 0 Å². The van der Waals surface area contributed by atoms with Crippen molar-refractivity contribution in [2.45, 2.75) is 62.8 Å². The minimum absolute atomic E-state index is 0.128. The Morgan fingerprint density at radius 2 is 1.95 bits per heavy atom. The van der Waals surface area contributed by atoms with Crippen molar-refractivity contribution in [3.05, 3.63) is 0 Å². The van der Waals surface area contributed by atoms with Gasteiger partial charge in [0.15, 0.2) is 0 Å². The molecule has 4 atom stereocenters. The zero-order valence-corrected chi connectivity index (χ0v) is 13.0. The third-order valence-corrected chi connectivity index (χ3v) is 6.67. The van der Waals surface area contributed by atoms with Gasteiger partial charge in [-0.1, -0.05) is 6.42 Å². The van der Waals surface area contributed by atoms with Gasteiger partial charge in [-0.3, -0.25) is 4.90 Å². The predicted molar refractivity (Wildman–Crippen MR) is 78.8 cm³/mol. The molecule has 1 saturated heterocycles. The second-order valence-electron chi connectivity index (χ2n) is 6.50. The number of rotatable bonds is 3. The van der Waals surface area contributed by atoms with Gasteiger partial charge in [-0.25, -0.2) is 8.42 Å². The zero-order chi connectivity index (χ0) is 14.0. The minimum Gasteiger partial charge on any atom is -0.330 e. The van der Waals surface area contributed by atoms with Crippen LogP contribution < -0.4 is 5.73 Å². The van der Waals surface area contributed by atoms with Crippen LogP contribution in [0.3, 0.4) is 0 Å². The quantitative estimate of drug-likeness (QED) is 0.852. The molecule has 2 N–H and O–H groups in total. The van der Waals surface area contributed by atoms with E-state index in [1.807, 2.05) is 0 Å². The Kier molecular flexibility index (Phi) is 4.90. The van der Waals surface area contributed by atoms with Crippen LogP contribution in [0.5, 0.6) is 0 Å². The van der Waals surface area contributed by atoms with Crippen LogP contribution in [0.1, 0.15) is 45.4 Å². The summed E-state index contributed by atoms with van der Waals surface area (Å²) in [5.74, 6) is 0.592. The normalized spacial score (nSPS) is 38.3. The van der Waals surface area contributed by atoms with Crippen molar-refractivity contribution in [2.24, 2.45) is 11.7 Å². The van der Waals surface area contributed by atoms with Crippen LogP contribution in [0.15, 0.2) is 0 Å². The maximum atomic E-state index is 11.8. The molecule has 1 aliphatic heterocycles. The third-order valence-electron chi connectivity index (χ3n) is 5.03. The lowest BCUT2D eigenvalue weighted by Gasteiger charge is -2.45. The molecular weight excluding hydrogens is 260 g/mol. The topological polar surface area (TPSA) is 63.4 Å². The Bertz CT molecular complexity index is 396. The summed E-state index contributed by atoms with van der Waals surface area (Å²) in [7, 11) is -2.89. The molecule has 1 saturated carbocycles. The molecule has 0 bridgehead atoms. The summed E-state index contributed by atoms with van der Waals surface area (Å²) in [4.78, 5) is 2.54. The van der Waals surface area contributed by atoms with Gasteiger partial charge in [-0.2, -0.15) is 0 Å². The number of nitrogens with zero attached hydrogens (tertiary/aromatic N) is 1. The molecule has 112 valence electrons. The monoisotopic (exact) mass is 288 g/mol. The molecule has 1 heterocycles. The average molecular weight is 288 g/mol. The van der Waals surface area contributed by atoms with E-state index in [9.17, 15) is 8.42 Å². The SMILES string of the molecule is CC1CCC(CN)CN1C1CCCC(S(C)(=O)=O)C1. The van der Waals surface area contributed by atoms with Gasteiger partial charge in [-0.05, 0) is 51.5 Å². The number of likely N-dealkylation sites (tertiary alicyclic amines) is 1. The fraction of sp³-hybridized carbons (Fsp3) is 1.00. The molecular formula is C14H28N2O2S. The van der Waals surface area contributed by atoms with Crippen molar-refractivity contribution < 1.29 is 8.42 Å². The molecule has 1 aliphatic carbocycles. The Hall–Kier alpha value is -0.130. The highest BCUT2D eigenvalue weighted by Gasteiger charge is 2.36. The Balaban J connectivity index is 2.03. The van der Waals surface area contributed by atoms with Crippen LogP contribution in [-0.2, 0) is 9.84 Å². The van der Waals surface area contributed by atoms with Crippen molar-refractivity contribution in [3.8, 4) is 0 Å². The Morgan fingerprint density at radius 3 is 2.58 bits per heavy atom. The second-order valence-corrected chi connectivity index (χ2v) is 8.82. The zero-order valence-electron chi connectivity index (χ0n) is 12.2. The Morgan fingerprint density at radius 1 is 1.21 bits per heavy atom. The number of sulfone groups is 1. The summed E-state index contributed by atoms with van der Waals surface area (Å²) in [5, 5.41) is -0.128. The highest BCUT2D eigenvalue weighted by Crippen LogP contribution is 2.32. The molecule has 0 aromatic rings. The summed E-state index contributed by atoms with van der Waals surface area (Å²) in [6.45, 7) is 4.08. The molecule has 0 spiro atoms. The van der Waals surface area contributed by atoms with Crippen LogP contribution in [-0.4, -0.2) is 50.0 Å². The first-order valence-electron chi connectivity index (χ1n) is 7.56. The van der Waals surface area contributed by atoms with Gasteiger partial charge in [-0.15, -0.1) is 0 Å². The van der Waals surface area contributed by atoms with Gasteiger partial charge < -0.3 is 5.73 Å². The van der Waals surface area contributed by atoms with Crippen LogP contribution in [0.4, 0.5) is 0 Å². The molecule has 2 aliphatic rings. The lowest BCUT2D eigenvalue weighted by atomic mass is 9.87. The van der Waals surface area contributed by atoms with E-state index in [0.717, 1.165) is 38.8 Å². The van der Waals surface area contributed by atoms with Crippen molar-refractivity contribution >= 4 is 9.84 Å². The molecule has 0 aromatic heterocycles. The van der Waals surface area contributed by atoms with Gasteiger partial charge in [0.2, 0.25) is 0 Å². The molecule has 4 unspecified atom stereocenters. The summed E-state index contributed by atoms with van der Waals surface area (Å²) >= 11 is 0. The van der Waals surface area contributed by atoms with E-state index in [2.05, 4.69) is 11.8 Å². The molecule has 0 aromatic carbocycles. The lowest BCUT2D eigenvalue weighted by Crippen LogP contribution is -2.51. The van der Waals surface area contributed by atoms with E-state index in [4.69, 9.17) is 5.73 Å². The van der Waals surface area contributed by atoms with E-state index in [1.165, 1.54) is 19.1 Å². The highest BCUT2D eigenvalue weighted by atomic mass is 32.2. The van der Waals surface area contributed by atoms with E-state index in [-0.39, 0.29) is 5.25 Å². The van der Waals surface area contributed by atoms with Gasteiger partial charge in [0.1, 0.15) is 9.84 Å². The number of nitrogens with two attached hydrogens (primary N) is 1. The van der Waals surface area contributed by atoms with Gasteiger partial charge in [0.05, 0.1) is 5.25 Å². The fourth-order valence-electron chi connectivity index (χ4n) is 3.72. The second kappa shape index (κ2) is 6.10. The Labute approximate surface area is 117 Å².